The van der Waals surface area contributed by atoms with E-state index in [0.29, 0.717) is 0 Å². The number of amides is 1. The van der Waals surface area contributed by atoms with Gasteiger partial charge in [-0.1, -0.05) is 0 Å². The van der Waals surface area contributed by atoms with Crippen LogP contribution < -0.4 is 5.32 Å². The first-order valence-corrected chi connectivity index (χ1v) is 5.93. The highest BCUT2D eigenvalue weighted by Crippen LogP contribution is 2.12. The standard InChI is InChI=1S/C7H13NO5S/c1-13-2-7(10)8-5-3-14(11,12)4-6(5)9/h5-6,9H,2-4H2,1H3,(H,8,10)/t5-,6+/m1/s1. The summed E-state index contributed by atoms with van der Waals surface area (Å²) in [4.78, 5) is 11.0. The van der Waals surface area contributed by atoms with Crippen LogP contribution in [-0.4, -0.2) is 56.8 Å². The second-order valence-electron chi connectivity index (χ2n) is 3.25. The first-order valence-electron chi connectivity index (χ1n) is 4.11. The van der Waals surface area contributed by atoms with Crippen molar-refractivity contribution >= 4 is 15.7 Å². The summed E-state index contributed by atoms with van der Waals surface area (Å²) in [6.07, 6.45) is -1.01. The highest BCUT2D eigenvalue weighted by Gasteiger charge is 2.37. The van der Waals surface area contributed by atoms with Gasteiger partial charge in [-0.05, 0) is 0 Å². The van der Waals surface area contributed by atoms with E-state index in [4.69, 9.17) is 0 Å². The molecule has 1 aliphatic heterocycles. The highest BCUT2D eigenvalue weighted by molar-refractivity contribution is 7.91. The molecular formula is C7H13NO5S. The second kappa shape index (κ2) is 4.24. The molecule has 0 aromatic heterocycles. The van der Waals surface area contributed by atoms with E-state index in [9.17, 15) is 18.3 Å². The number of methoxy groups -OCH3 is 1. The predicted octanol–water partition coefficient (Wildman–Crippen LogP) is -2.09. The number of sulfone groups is 1. The molecule has 0 aliphatic carbocycles. The Morgan fingerprint density at radius 2 is 2.21 bits per heavy atom. The first kappa shape index (κ1) is 11.4. The van der Waals surface area contributed by atoms with Gasteiger partial charge in [0.25, 0.3) is 0 Å². The highest BCUT2D eigenvalue weighted by atomic mass is 32.2. The van der Waals surface area contributed by atoms with E-state index in [0.717, 1.165) is 0 Å². The maximum Gasteiger partial charge on any atom is 0.246 e. The van der Waals surface area contributed by atoms with Crippen LogP contribution in [0, 0.1) is 0 Å². The molecule has 7 heteroatoms. The summed E-state index contributed by atoms with van der Waals surface area (Å²) in [5, 5.41) is 11.7. The van der Waals surface area contributed by atoms with Gasteiger partial charge in [-0.2, -0.15) is 0 Å². The third-order valence-corrected chi connectivity index (χ3v) is 3.66. The van der Waals surface area contributed by atoms with Crippen LogP contribution in [0.4, 0.5) is 0 Å². The Morgan fingerprint density at radius 3 is 2.64 bits per heavy atom. The lowest BCUT2D eigenvalue weighted by atomic mass is 10.2. The molecule has 1 fully saturated rings. The topological polar surface area (TPSA) is 92.7 Å². The van der Waals surface area contributed by atoms with Crippen molar-refractivity contribution in [1.29, 1.82) is 0 Å². The normalized spacial score (nSPS) is 30.1. The Hall–Kier alpha value is -0.660. The third-order valence-electron chi connectivity index (χ3n) is 1.94. The van der Waals surface area contributed by atoms with Gasteiger partial charge < -0.3 is 15.2 Å². The smallest absolute Gasteiger partial charge is 0.246 e. The average molecular weight is 223 g/mol. The van der Waals surface area contributed by atoms with Crippen LogP contribution in [0.25, 0.3) is 0 Å². The number of rotatable bonds is 3. The SMILES string of the molecule is COCC(=O)N[C@@H]1CS(=O)(=O)C[C@@H]1O. The summed E-state index contributed by atoms with van der Waals surface area (Å²) in [6.45, 7) is -0.136. The van der Waals surface area contributed by atoms with Gasteiger partial charge in [-0.15, -0.1) is 0 Å². The van der Waals surface area contributed by atoms with Crippen molar-refractivity contribution in [2.24, 2.45) is 0 Å². The molecule has 0 spiro atoms. The number of hydrogen-bond donors (Lipinski definition) is 2. The van der Waals surface area contributed by atoms with Gasteiger partial charge in [0.1, 0.15) is 6.61 Å². The fourth-order valence-corrected chi connectivity index (χ4v) is 3.09. The summed E-state index contributed by atoms with van der Waals surface area (Å²) in [5.74, 6) is -0.914. The van der Waals surface area contributed by atoms with E-state index in [2.05, 4.69) is 10.1 Å². The second-order valence-corrected chi connectivity index (χ2v) is 5.41. The molecule has 2 atom stereocenters. The van der Waals surface area contributed by atoms with Crippen LogP contribution in [0.2, 0.25) is 0 Å². The van der Waals surface area contributed by atoms with Gasteiger partial charge in [-0.25, -0.2) is 8.42 Å². The zero-order valence-corrected chi connectivity index (χ0v) is 8.58. The maximum atomic E-state index is 11.0. The molecule has 14 heavy (non-hydrogen) atoms. The molecule has 1 heterocycles. The lowest BCUT2D eigenvalue weighted by Crippen LogP contribution is -2.44. The molecule has 0 aromatic rings. The minimum Gasteiger partial charge on any atom is -0.390 e. The summed E-state index contributed by atoms with van der Waals surface area (Å²) in [6, 6.07) is -0.706. The van der Waals surface area contributed by atoms with Gasteiger partial charge in [0.05, 0.1) is 23.7 Å². The van der Waals surface area contributed by atoms with E-state index in [1.54, 1.807) is 0 Å². The Balaban J connectivity index is 2.51. The molecule has 6 nitrogen and oxygen atoms in total. The number of nitrogens with one attached hydrogen (secondary N) is 1. The van der Waals surface area contributed by atoms with Crippen LogP contribution in [0.3, 0.4) is 0 Å². The summed E-state index contributed by atoms with van der Waals surface area (Å²) in [7, 11) is -1.85. The zero-order chi connectivity index (χ0) is 10.8. The van der Waals surface area contributed by atoms with Crippen LogP contribution in [-0.2, 0) is 19.4 Å². The van der Waals surface area contributed by atoms with Gasteiger partial charge >= 0.3 is 0 Å². The Labute approximate surface area is 82.2 Å². The van der Waals surface area contributed by atoms with Crippen molar-refractivity contribution < 1.29 is 23.1 Å². The van der Waals surface area contributed by atoms with Crippen molar-refractivity contribution in [2.75, 3.05) is 25.2 Å². The summed E-state index contributed by atoms with van der Waals surface area (Å²) >= 11 is 0. The molecule has 0 saturated carbocycles. The Bertz CT molecular complexity index is 312. The molecule has 1 rings (SSSR count). The zero-order valence-electron chi connectivity index (χ0n) is 7.76. The van der Waals surface area contributed by atoms with Gasteiger partial charge in [0, 0.05) is 7.11 Å². The molecule has 0 bridgehead atoms. The van der Waals surface area contributed by atoms with Crippen LogP contribution in [0.1, 0.15) is 0 Å². The molecule has 82 valence electrons. The minimum atomic E-state index is -3.21. The Kier molecular flexibility index (Phi) is 3.46. The van der Waals surface area contributed by atoms with Gasteiger partial charge in [0.15, 0.2) is 9.84 Å². The van der Waals surface area contributed by atoms with Crippen molar-refractivity contribution in [3.05, 3.63) is 0 Å². The van der Waals surface area contributed by atoms with Crippen molar-refractivity contribution in [3.8, 4) is 0 Å². The number of carbonyl (C=O) groups excluding carboxylic acids is 1. The maximum absolute atomic E-state index is 11.0. The number of aliphatic hydroxyl groups is 1. The van der Waals surface area contributed by atoms with E-state index in [1.165, 1.54) is 7.11 Å². The lowest BCUT2D eigenvalue weighted by Gasteiger charge is -2.14. The largest absolute Gasteiger partial charge is 0.390 e. The quantitative estimate of drug-likeness (QED) is 0.572. The van der Waals surface area contributed by atoms with Crippen molar-refractivity contribution in [3.63, 3.8) is 0 Å². The third kappa shape index (κ3) is 2.93. The molecule has 2 N–H and O–H groups in total. The molecule has 0 unspecified atom stereocenters. The van der Waals surface area contributed by atoms with Gasteiger partial charge in [-0.3, -0.25) is 4.79 Å². The fraction of sp³-hybridized carbons (Fsp3) is 0.857. The molecule has 1 amide bonds. The van der Waals surface area contributed by atoms with E-state index in [1.807, 2.05) is 0 Å². The summed E-state index contributed by atoms with van der Waals surface area (Å²) in [5.41, 5.74) is 0. The first-order chi connectivity index (χ1) is 6.44. The van der Waals surface area contributed by atoms with Gasteiger partial charge in [0.2, 0.25) is 5.91 Å². The van der Waals surface area contributed by atoms with E-state index < -0.39 is 27.9 Å². The molecular weight excluding hydrogens is 210 g/mol. The van der Waals surface area contributed by atoms with E-state index in [-0.39, 0.29) is 18.1 Å². The minimum absolute atomic E-state index is 0.136. The number of aliphatic hydroxyl groups excluding tert-OH is 1. The summed E-state index contributed by atoms with van der Waals surface area (Å²) < 4.78 is 26.7. The molecule has 0 radical (unpaired) electrons. The fourth-order valence-electron chi connectivity index (χ4n) is 1.35. The number of ether oxygens (including phenoxy) is 1. The number of hydrogen-bond acceptors (Lipinski definition) is 5. The van der Waals surface area contributed by atoms with E-state index >= 15 is 0 Å². The van der Waals surface area contributed by atoms with Crippen molar-refractivity contribution in [1.82, 2.24) is 5.32 Å². The van der Waals surface area contributed by atoms with Crippen LogP contribution >= 0.6 is 0 Å². The lowest BCUT2D eigenvalue weighted by molar-refractivity contribution is -0.125. The monoisotopic (exact) mass is 223 g/mol. The average Bonchev–Trinajstić information content (AvgIpc) is 2.25. The van der Waals surface area contributed by atoms with Crippen LogP contribution in [0.5, 0.6) is 0 Å². The predicted molar refractivity (Wildman–Crippen MR) is 48.5 cm³/mol. The molecule has 1 saturated heterocycles. The van der Waals surface area contributed by atoms with Crippen molar-refractivity contribution in [2.45, 2.75) is 12.1 Å². The molecule has 0 aromatic carbocycles. The Morgan fingerprint density at radius 1 is 1.57 bits per heavy atom. The van der Waals surface area contributed by atoms with Crippen LogP contribution in [0.15, 0.2) is 0 Å². The molecule has 1 aliphatic rings. The number of carbonyl (C=O) groups is 1.